The van der Waals surface area contributed by atoms with Crippen molar-refractivity contribution in [3.8, 4) is 11.5 Å². The van der Waals surface area contributed by atoms with Gasteiger partial charge in [0.2, 0.25) is 12.7 Å². The highest BCUT2D eigenvalue weighted by molar-refractivity contribution is 8.00. The number of thioether (sulfide) groups is 1. The van der Waals surface area contributed by atoms with Crippen molar-refractivity contribution in [3.63, 3.8) is 0 Å². The van der Waals surface area contributed by atoms with Crippen LogP contribution in [0.1, 0.15) is 10.4 Å². The predicted octanol–water partition coefficient (Wildman–Crippen LogP) is 2.93. The first kappa shape index (κ1) is 21.2. The van der Waals surface area contributed by atoms with Crippen LogP contribution in [0, 0.1) is 0 Å². The number of nitrogens with one attached hydrogen (secondary N) is 2. The van der Waals surface area contributed by atoms with Gasteiger partial charge in [-0.2, -0.15) is 0 Å². The minimum Gasteiger partial charge on any atom is -0.454 e. The Labute approximate surface area is 186 Å². The van der Waals surface area contributed by atoms with Crippen LogP contribution in [0.3, 0.4) is 0 Å². The maximum Gasteiger partial charge on any atom is 0.339 e. The molecular formula is C21H17N3O7S. The summed E-state index contributed by atoms with van der Waals surface area (Å²) in [5, 5.41) is 8.74. The quantitative estimate of drug-likeness (QED) is 0.389. The fourth-order valence-corrected chi connectivity index (χ4v) is 3.58. The summed E-state index contributed by atoms with van der Waals surface area (Å²) in [4.78, 5) is 37.2. The van der Waals surface area contributed by atoms with Gasteiger partial charge in [0.15, 0.2) is 23.9 Å². The first-order valence-corrected chi connectivity index (χ1v) is 10.4. The maximum atomic E-state index is 12.4. The number of hydrogen-bond acceptors (Lipinski definition) is 9. The first-order valence-electron chi connectivity index (χ1n) is 9.37. The van der Waals surface area contributed by atoms with Crippen molar-refractivity contribution in [2.24, 2.45) is 0 Å². The molecule has 2 aromatic carbocycles. The minimum atomic E-state index is -0.681. The molecule has 0 spiro atoms. The lowest BCUT2D eigenvalue weighted by Crippen LogP contribution is -2.21. The lowest BCUT2D eigenvalue weighted by atomic mass is 10.2. The van der Waals surface area contributed by atoms with Gasteiger partial charge >= 0.3 is 5.97 Å². The number of carbonyl (C=O) groups excluding carboxylic acids is 3. The molecule has 164 valence electrons. The number of rotatable bonds is 8. The number of benzene rings is 2. The molecule has 4 rings (SSSR count). The van der Waals surface area contributed by atoms with E-state index in [1.54, 1.807) is 42.5 Å². The van der Waals surface area contributed by atoms with Gasteiger partial charge in [0.25, 0.3) is 5.91 Å². The SMILES string of the molecule is O=C(CSc1ccccc1C(=O)OCC(=O)Nc1ccon1)Nc1ccc2c(c1)OCO2. The van der Waals surface area contributed by atoms with Gasteiger partial charge in [-0.3, -0.25) is 9.59 Å². The highest BCUT2D eigenvalue weighted by Gasteiger charge is 2.17. The van der Waals surface area contributed by atoms with Crippen LogP contribution in [0.5, 0.6) is 11.5 Å². The van der Waals surface area contributed by atoms with E-state index in [9.17, 15) is 14.4 Å². The number of carbonyl (C=O) groups is 3. The normalized spacial score (nSPS) is 11.6. The van der Waals surface area contributed by atoms with Crippen LogP contribution < -0.4 is 20.1 Å². The molecule has 0 aliphatic carbocycles. The fourth-order valence-electron chi connectivity index (χ4n) is 2.74. The third-order valence-corrected chi connectivity index (χ3v) is 5.24. The van der Waals surface area contributed by atoms with Crippen molar-refractivity contribution in [2.45, 2.75) is 4.90 Å². The molecule has 0 atom stereocenters. The molecule has 32 heavy (non-hydrogen) atoms. The smallest absolute Gasteiger partial charge is 0.339 e. The number of esters is 1. The third-order valence-electron chi connectivity index (χ3n) is 4.16. The van der Waals surface area contributed by atoms with Crippen molar-refractivity contribution < 1.29 is 33.1 Å². The second-order valence-electron chi connectivity index (χ2n) is 6.41. The maximum absolute atomic E-state index is 12.4. The number of anilines is 2. The van der Waals surface area contributed by atoms with E-state index in [1.807, 2.05) is 0 Å². The van der Waals surface area contributed by atoms with Crippen molar-refractivity contribution in [3.05, 3.63) is 60.4 Å². The predicted molar refractivity (Wildman–Crippen MR) is 114 cm³/mol. The van der Waals surface area contributed by atoms with Crippen LogP contribution in [0.2, 0.25) is 0 Å². The Balaban J connectivity index is 1.30. The Morgan fingerprint density at radius 3 is 2.69 bits per heavy atom. The average molecular weight is 455 g/mol. The van der Waals surface area contributed by atoms with Crippen LogP contribution >= 0.6 is 11.8 Å². The number of nitrogens with zero attached hydrogens (tertiary/aromatic N) is 1. The molecule has 1 aliphatic rings. The van der Waals surface area contributed by atoms with Crippen LogP contribution in [-0.2, 0) is 14.3 Å². The molecule has 0 unspecified atom stereocenters. The summed E-state index contributed by atoms with van der Waals surface area (Å²) in [6.07, 6.45) is 1.30. The second kappa shape index (κ2) is 9.88. The van der Waals surface area contributed by atoms with Gasteiger partial charge in [-0.25, -0.2) is 4.79 Å². The monoisotopic (exact) mass is 455 g/mol. The van der Waals surface area contributed by atoms with E-state index in [-0.39, 0.29) is 29.8 Å². The standard InChI is InChI=1S/C21H17N3O7S/c25-19(23-18-7-8-31-24-18)10-28-21(27)14-3-1-2-4-17(14)32-11-20(26)22-13-5-6-15-16(9-13)30-12-29-15/h1-9H,10-12H2,(H,22,26)(H,23,24,25). The van der Waals surface area contributed by atoms with E-state index < -0.39 is 18.5 Å². The molecule has 2 heterocycles. The molecule has 1 aliphatic heterocycles. The molecular weight excluding hydrogens is 438 g/mol. The molecule has 0 bridgehead atoms. The van der Waals surface area contributed by atoms with Crippen LogP contribution in [0.15, 0.2) is 64.2 Å². The van der Waals surface area contributed by atoms with E-state index in [1.165, 1.54) is 24.1 Å². The third kappa shape index (κ3) is 5.38. The lowest BCUT2D eigenvalue weighted by molar-refractivity contribution is -0.119. The largest absolute Gasteiger partial charge is 0.454 e. The zero-order valence-corrected chi connectivity index (χ0v) is 17.3. The molecule has 0 saturated heterocycles. The van der Waals surface area contributed by atoms with Gasteiger partial charge in [0, 0.05) is 22.7 Å². The molecule has 0 radical (unpaired) electrons. The average Bonchev–Trinajstić information content (AvgIpc) is 3.48. The van der Waals surface area contributed by atoms with Crippen molar-refractivity contribution in [1.82, 2.24) is 5.16 Å². The summed E-state index contributed by atoms with van der Waals surface area (Å²) in [6, 6.07) is 13.2. The van der Waals surface area contributed by atoms with Crippen LogP contribution in [0.25, 0.3) is 0 Å². The Kier molecular flexibility index (Phi) is 6.56. The van der Waals surface area contributed by atoms with Gasteiger partial charge in [0.1, 0.15) is 6.26 Å². The van der Waals surface area contributed by atoms with Gasteiger partial charge in [-0.1, -0.05) is 17.3 Å². The molecule has 1 aromatic heterocycles. The zero-order valence-electron chi connectivity index (χ0n) is 16.5. The van der Waals surface area contributed by atoms with Gasteiger partial charge < -0.3 is 29.4 Å². The topological polar surface area (TPSA) is 129 Å². The molecule has 10 nitrogen and oxygen atoms in total. The fraction of sp³-hybridized carbons (Fsp3) is 0.143. The highest BCUT2D eigenvalue weighted by atomic mass is 32.2. The Morgan fingerprint density at radius 1 is 1.00 bits per heavy atom. The van der Waals surface area contributed by atoms with Crippen molar-refractivity contribution in [2.75, 3.05) is 29.8 Å². The minimum absolute atomic E-state index is 0.0609. The highest BCUT2D eigenvalue weighted by Crippen LogP contribution is 2.34. The Morgan fingerprint density at radius 2 is 1.84 bits per heavy atom. The van der Waals surface area contributed by atoms with E-state index in [0.717, 1.165) is 0 Å². The summed E-state index contributed by atoms with van der Waals surface area (Å²) >= 11 is 1.17. The first-order chi connectivity index (χ1) is 15.6. The van der Waals surface area contributed by atoms with Crippen molar-refractivity contribution in [1.29, 1.82) is 0 Å². The number of hydrogen-bond donors (Lipinski definition) is 2. The summed E-state index contributed by atoms with van der Waals surface area (Å²) in [7, 11) is 0. The lowest BCUT2D eigenvalue weighted by Gasteiger charge is -2.10. The molecule has 2 amide bonds. The van der Waals surface area contributed by atoms with E-state index >= 15 is 0 Å². The van der Waals surface area contributed by atoms with E-state index in [4.69, 9.17) is 14.2 Å². The molecule has 0 fully saturated rings. The summed E-state index contributed by atoms with van der Waals surface area (Å²) in [6.45, 7) is -0.341. The zero-order chi connectivity index (χ0) is 22.3. The summed E-state index contributed by atoms with van der Waals surface area (Å²) in [5.74, 6) is -0.0269. The number of amides is 2. The molecule has 0 saturated carbocycles. The number of ether oxygens (including phenoxy) is 3. The van der Waals surface area contributed by atoms with Crippen LogP contribution in [-0.4, -0.2) is 42.1 Å². The van der Waals surface area contributed by atoms with E-state index in [0.29, 0.717) is 22.1 Å². The number of fused-ring (bicyclic) bond motifs is 1. The van der Waals surface area contributed by atoms with Gasteiger partial charge in [-0.15, -0.1) is 11.8 Å². The van der Waals surface area contributed by atoms with E-state index in [2.05, 4.69) is 20.3 Å². The van der Waals surface area contributed by atoms with Gasteiger partial charge in [-0.05, 0) is 24.3 Å². The number of aromatic nitrogens is 1. The molecule has 3 aromatic rings. The molecule has 11 heteroatoms. The Hall–Kier alpha value is -3.99. The molecule has 2 N–H and O–H groups in total. The summed E-state index contributed by atoms with van der Waals surface area (Å²) < 4.78 is 20.2. The Bertz CT molecular complexity index is 1130. The summed E-state index contributed by atoms with van der Waals surface area (Å²) in [5.41, 5.74) is 0.827. The van der Waals surface area contributed by atoms with Gasteiger partial charge in [0.05, 0.1) is 11.3 Å². The van der Waals surface area contributed by atoms with Crippen molar-refractivity contribution >= 4 is 41.1 Å². The second-order valence-corrected chi connectivity index (χ2v) is 7.43. The van der Waals surface area contributed by atoms with Crippen LogP contribution in [0.4, 0.5) is 11.5 Å².